The second-order valence-electron chi connectivity index (χ2n) is 8.28. The lowest BCUT2D eigenvalue weighted by Gasteiger charge is -2.36. The molecular weight excluding hydrogens is 356 g/mol. The van der Waals surface area contributed by atoms with Crippen molar-refractivity contribution in [2.45, 2.75) is 57.2 Å². The number of hydrogen-bond acceptors (Lipinski definition) is 6. The molecule has 2 saturated heterocycles. The number of aliphatic hydroxyl groups is 1. The molecule has 28 heavy (non-hydrogen) atoms. The molecule has 8 nitrogen and oxygen atoms in total. The van der Waals surface area contributed by atoms with Crippen molar-refractivity contribution in [3.05, 3.63) is 34.9 Å². The zero-order valence-electron chi connectivity index (χ0n) is 16.4. The molecule has 1 amide bonds. The van der Waals surface area contributed by atoms with Crippen LogP contribution in [-0.2, 0) is 13.5 Å². The molecule has 0 radical (unpaired) electrons. The third-order valence-electron chi connectivity index (χ3n) is 6.34. The maximum absolute atomic E-state index is 13.3. The Morgan fingerprint density at radius 1 is 1.29 bits per heavy atom. The summed E-state index contributed by atoms with van der Waals surface area (Å²) in [5.74, 6) is 0.770. The summed E-state index contributed by atoms with van der Waals surface area (Å²) in [7, 11) is 1.84. The van der Waals surface area contributed by atoms with E-state index in [0.717, 1.165) is 55.6 Å². The van der Waals surface area contributed by atoms with Gasteiger partial charge < -0.3 is 14.9 Å². The molecule has 0 aliphatic carbocycles. The second-order valence-corrected chi connectivity index (χ2v) is 8.28. The Balaban J connectivity index is 1.44. The van der Waals surface area contributed by atoms with Gasteiger partial charge in [-0.2, -0.15) is 5.10 Å². The molecule has 5 rings (SSSR count). The van der Waals surface area contributed by atoms with Crippen LogP contribution in [0.15, 0.2) is 12.4 Å². The van der Waals surface area contributed by atoms with E-state index in [9.17, 15) is 9.90 Å². The first-order valence-electron chi connectivity index (χ1n) is 10.1. The number of anilines is 1. The average Bonchev–Trinajstić information content (AvgIpc) is 3.18. The number of fused-ring (bicyclic) bond motifs is 4. The third kappa shape index (κ3) is 2.78. The molecule has 2 aromatic heterocycles. The van der Waals surface area contributed by atoms with Crippen molar-refractivity contribution in [3.63, 3.8) is 0 Å². The van der Waals surface area contributed by atoms with Crippen LogP contribution >= 0.6 is 0 Å². The zero-order chi connectivity index (χ0) is 19.4. The van der Waals surface area contributed by atoms with Crippen LogP contribution in [0.3, 0.4) is 0 Å². The summed E-state index contributed by atoms with van der Waals surface area (Å²) in [5, 5.41) is 14.3. The van der Waals surface area contributed by atoms with Gasteiger partial charge >= 0.3 is 0 Å². The molecule has 2 aromatic rings. The Hall–Kier alpha value is -2.48. The minimum absolute atomic E-state index is 0.0434. The highest BCUT2D eigenvalue weighted by Crippen LogP contribution is 2.44. The van der Waals surface area contributed by atoms with Gasteiger partial charge in [0.25, 0.3) is 5.91 Å². The fraction of sp³-hybridized carbons (Fsp3) is 0.600. The molecule has 148 valence electrons. The summed E-state index contributed by atoms with van der Waals surface area (Å²) in [6.07, 6.45) is 7.92. The van der Waals surface area contributed by atoms with Gasteiger partial charge in [-0.3, -0.25) is 9.48 Å². The van der Waals surface area contributed by atoms with Gasteiger partial charge in [0, 0.05) is 50.6 Å². The first-order chi connectivity index (χ1) is 13.5. The van der Waals surface area contributed by atoms with Gasteiger partial charge in [0.15, 0.2) is 0 Å². The van der Waals surface area contributed by atoms with E-state index < -0.39 is 0 Å². The van der Waals surface area contributed by atoms with Gasteiger partial charge in [0.2, 0.25) is 5.95 Å². The number of carbonyl (C=O) groups is 1. The standard InChI is InChI=1S/C20H26N6O2/c1-12-16(11-24(2)23-12)19(28)26-13-5-6-18(26)15-9-21-20(22-17(15)8-13)25-7-3-4-14(27)10-25/h9,11,13-14,18,27H,3-8,10H2,1-2H3/t13-,14+,18-/m1/s1. The van der Waals surface area contributed by atoms with Crippen molar-refractivity contribution in [2.75, 3.05) is 18.0 Å². The van der Waals surface area contributed by atoms with Gasteiger partial charge in [0.1, 0.15) is 0 Å². The Bertz CT molecular complexity index is 925. The number of nitrogens with zero attached hydrogens (tertiary/aromatic N) is 6. The van der Waals surface area contributed by atoms with Gasteiger partial charge in [-0.1, -0.05) is 0 Å². The number of β-amino-alcohol motifs (C(OH)–C–C–N with tert-alkyl or cyclic N) is 1. The smallest absolute Gasteiger partial charge is 0.258 e. The van der Waals surface area contributed by atoms with Crippen LogP contribution in [-0.4, -0.2) is 60.9 Å². The van der Waals surface area contributed by atoms with E-state index in [2.05, 4.69) is 15.0 Å². The SMILES string of the molecule is Cc1nn(C)cc1C(=O)N1[C@@H]2CC[C@@H]1c1cnc(N3CCC[C@H](O)C3)nc1C2. The van der Waals surface area contributed by atoms with Crippen molar-refractivity contribution >= 4 is 11.9 Å². The van der Waals surface area contributed by atoms with Crippen LogP contribution in [0.1, 0.15) is 59.0 Å². The summed E-state index contributed by atoms with van der Waals surface area (Å²) < 4.78 is 1.70. The van der Waals surface area contributed by atoms with Crippen molar-refractivity contribution in [3.8, 4) is 0 Å². The van der Waals surface area contributed by atoms with E-state index in [-0.39, 0.29) is 24.1 Å². The predicted octanol–water partition coefficient (Wildman–Crippen LogP) is 1.38. The van der Waals surface area contributed by atoms with Crippen molar-refractivity contribution < 1.29 is 9.90 Å². The monoisotopic (exact) mass is 382 g/mol. The molecular formula is C20H26N6O2. The average molecular weight is 382 g/mol. The molecule has 0 aromatic carbocycles. The summed E-state index contributed by atoms with van der Waals surface area (Å²) in [5.41, 5.74) is 3.59. The van der Waals surface area contributed by atoms with Crippen LogP contribution in [0.2, 0.25) is 0 Å². The maximum Gasteiger partial charge on any atom is 0.258 e. The third-order valence-corrected chi connectivity index (χ3v) is 6.34. The normalized spacial score (nSPS) is 26.5. The zero-order valence-corrected chi connectivity index (χ0v) is 16.4. The van der Waals surface area contributed by atoms with Crippen LogP contribution in [0.25, 0.3) is 0 Å². The lowest BCUT2D eigenvalue weighted by molar-refractivity contribution is 0.0643. The minimum Gasteiger partial charge on any atom is -0.391 e. The topological polar surface area (TPSA) is 87.4 Å². The largest absolute Gasteiger partial charge is 0.391 e. The predicted molar refractivity (Wildman–Crippen MR) is 103 cm³/mol. The van der Waals surface area contributed by atoms with E-state index >= 15 is 0 Å². The molecule has 3 aliphatic rings. The first-order valence-corrected chi connectivity index (χ1v) is 10.1. The number of rotatable bonds is 2. The number of amides is 1. The molecule has 5 heterocycles. The highest BCUT2D eigenvalue weighted by molar-refractivity contribution is 5.96. The van der Waals surface area contributed by atoms with Crippen molar-refractivity contribution in [1.29, 1.82) is 0 Å². The number of hydrogen-bond donors (Lipinski definition) is 1. The van der Waals surface area contributed by atoms with Gasteiger partial charge in [-0.25, -0.2) is 9.97 Å². The van der Waals surface area contributed by atoms with Crippen LogP contribution in [0.5, 0.6) is 0 Å². The second kappa shape index (κ2) is 6.55. The molecule has 2 bridgehead atoms. The highest BCUT2D eigenvalue weighted by Gasteiger charge is 2.44. The Kier molecular flexibility index (Phi) is 4.12. The number of piperidine rings is 1. The highest BCUT2D eigenvalue weighted by atomic mass is 16.3. The molecule has 3 aliphatic heterocycles. The first kappa shape index (κ1) is 17.6. The van der Waals surface area contributed by atoms with Gasteiger partial charge in [-0.15, -0.1) is 0 Å². The molecule has 3 atom stereocenters. The number of carbonyl (C=O) groups excluding carboxylic acids is 1. The fourth-order valence-corrected chi connectivity index (χ4v) is 5.01. The molecule has 1 N–H and O–H groups in total. The number of aromatic nitrogens is 4. The van der Waals surface area contributed by atoms with Crippen molar-refractivity contribution in [1.82, 2.24) is 24.6 Å². The van der Waals surface area contributed by atoms with Gasteiger partial charge in [-0.05, 0) is 32.6 Å². The minimum atomic E-state index is -0.305. The fourth-order valence-electron chi connectivity index (χ4n) is 5.01. The van der Waals surface area contributed by atoms with Crippen LogP contribution in [0.4, 0.5) is 5.95 Å². The Labute approximate surface area is 164 Å². The van der Waals surface area contributed by atoms with E-state index in [0.29, 0.717) is 18.1 Å². The molecule has 2 fully saturated rings. The lowest BCUT2D eigenvalue weighted by atomic mass is 9.98. The lowest BCUT2D eigenvalue weighted by Crippen LogP contribution is -2.43. The van der Waals surface area contributed by atoms with Crippen LogP contribution in [0, 0.1) is 6.92 Å². The molecule has 8 heteroatoms. The summed E-state index contributed by atoms with van der Waals surface area (Å²) in [6.45, 7) is 3.36. The van der Waals surface area contributed by atoms with E-state index in [1.54, 1.807) is 4.68 Å². The van der Waals surface area contributed by atoms with Crippen LogP contribution < -0.4 is 4.90 Å². The molecule has 0 spiro atoms. The van der Waals surface area contributed by atoms with Gasteiger partial charge in [0.05, 0.1) is 29.1 Å². The van der Waals surface area contributed by atoms with E-state index in [1.807, 2.05) is 31.3 Å². The maximum atomic E-state index is 13.3. The number of aryl methyl sites for hydroxylation is 2. The quantitative estimate of drug-likeness (QED) is 0.844. The Morgan fingerprint density at radius 3 is 2.89 bits per heavy atom. The van der Waals surface area contributed by atoms with Crippen molar-refractivity contribution in [2.24, 2.45) is 7.05 Å². The molecule has 0 saturated carbocycles. The summed E-state index contributed by atoms with van der Waals surface area (Å²) in [4.78, 5) is 26.8. The summed E-state index contributed by atoms with van der Waals surface area (Å²) in [6, 6.07) is 0.223. The van der Waals surface area contributed by atoms with E-state index in [4.69, 9.17) is 4.98 Å². The molecule has 0 unspecified atom stereocenters. The summed E-state index contributed by atoms with van der Waals surface area (Å²) >= 11 is 0. The number of aliphatic hydroxyl groups excluding tert-OH is 1. The van der Waals surface area contributed by atoms with E-state index in [1.165, 1.54) is 0 Å². The Morgan fingerprint density at radius 2 is 2.14 bits per heavy atom.